The van der Waals surface area contributed by atoms with E-state index in [2.05, 4.69) is 0 Å². The normalized spacial score (nSPS) is 21.5. The van der Waals surface area contributed by atoms with E-state index in [4.69, 9.17) is 27.2 Å². The summed E-state index contributed by atoms with van der Waals surface area (Å²) in [5, 5.41) is 8.88. The van der Waals surface area contributed by atoms with Crippen molar-refractivity contribution in [2.45, 2.75) is 31.2 Å². The van der Waals surface area contributed by atoms with Gasteiger partial charge in [-0.05, 0) is 32.4 Å². The van der Waals surface area contributed by atoms with Crippen LogP contribution in [0.15, 0.2) is 12.1 Å². The highest BCUT2D eigenvalue weighted by Gasteiger charge is 2.38. The quantitative estimate of drug-likeness (QED) is 0.597. The number of aromatic carboxylic acids is 1. The second-order valence-corrected chi connectivity index (χ2v) is 5.22. The van der Waals surface area contributed by atoms with Crippen molar-refractivity contribution in [2.75, 3.05) is 5.73 Å². The fourth-order valence-electron chi connectivity index (χ4n) is 1.89. The zero-order valence-electron chi connectivity index (χ0n) is 9.66. The number of halogens is 1. The van der Waals surface area contributed by atoms with Gasteiger partial charge in [-0.2, -0.15) is 0 Å². The lowest BCUT2D eigenvalue weighted by Crippen LogP contribution is -2.44. The van der Waals surface area contributed by atoms with Gasteiger partial charge in [0.15, 0.2) is 0 Å². The lowest BCUT2D eigenvalue weighted by molar-refractivity contribution is 0.0653. The largest absolute Gasteiger partial charge is 0.485 e. The van der Waals surface area contributed by atoms with Crippen LogP contribution in [-0.4, -0.2) is 22.1 Å². The summed E-state index contributed by atoms with van der Waals surface area (Å²) in [6.45, 7) is 3.67. The summed E-state index contributed by atoms with van der Waals surface area (Å²) < 4.78 is 5.71. The first kappa shape index (κ1) is 12.0. The van der Waals surface area contributed by atoms with E-state index in [1.54, 1.807) is 6.07 Å². The van der Waals surface area contributed by atoms with Gasteiger partial charge in [-0.15, -0.1) is 11.6 Å². The van der Waals surface area contributed by atoms with E-state index in [-0.39, 0.29) is 10.9 Å². The van der Waals surface area contributed by atoms with Gasteiger partial charge in [0.25, 0.3) is 0 Å². The standard InChI is InChI=1S/C12H14ClNO3/c1-12(2)9(13)5-7-8(14)4-3-6(11(15)16)10(7)17-12/h3-4,9H,5,14H2,1-2H3,(H,15,16). The van der Waals surface area contributed by atoms with E-state index in [0.717, 1.165) is 0 Å². The van der Waals surface area contributed by atoms with E-state index < -0.39 is 11.6 Å². The zero-order chi connectivity index (χ0) is 12.8. The number of hydrogen-bond donors (Lipinski definition) is 2. The molecule has 1 aliphatic heterocycles. The Bertz CT molecular complexity index is 485. The summed E-state index contributed by atoms with van der Waals surface area (Å²) in [6, 6.07) is 3.04. The van der Waals surface area contributed by atoms with Crippen LogP contribution in [0, 0.1) is 0 Å². The summed E-state index contributed by atoms with van der Waals surface area (Å²) >= 11 is 6.21. The number of nitrogens with two attached hydrogens (primary N) is 1. The Morgan fingerprint density at radius 3 is 2.82 bits per heavy atom. The lowest BCUT2D eigenvalue weighted by Gasteiger charge is -2.37. The van der Waals surface area contributed by atoms with Gasteiger partial charge in [0.05, 0.1) is 5.38 Å². The maximum Gasteiger partial charge on any atom is 0.339 e. The molecule has 1 aliphatic rings. The van der Waals surface area contributed by atoms with Gasteiger partial charge in [0.2, 0.25) is 0 Å². The summed E-state index contributed by atoms with van der Waals surface area (Å²) in [5.41, 5.74) is 6.56. The first-order chi connectivity index (χ1) is 7.83. The minimum absolute atomic E-state index is 0.130. The average molecular weight is 256 g/mol. The van der Waals surface area contributed by atoms with Crippen LogP contribution in [0.5, 0.6) is 5.75 Å². The molecule has 0 amide bonds. The minimum Gasteiger partial charge on any atom is -0.485 e. The minimum atomic E-state index is -1.02. The molecule has 3 N–H and O–H groups in total. The van der Waals surface area contributed by atoms with Crippen LogP contribution in [0.1, 0.15) is 29.8 Å². The molecule has 5 heteroatoms. The first-order valence-corrected chi connectivity index (χ1v) is 5.74. The summed E-state index contributed by atoms with van der Waals surface area (Å²) in [7, 11) is 0. The number of carboxylic acids is 1. The molecule has 4 nitrogen and oxygen atoms in total. The second-order valence-electron chi connectivity index (χ2n) is 4.69. The van der Waals surface area contributed by atoms with E-state index in [0.29, 0.717) is 23.4 Å². The Balaban J connectivity index is 2.60. The monoisotopic (exact) mass is 255 g/mol. The molecule has 1 unspecified atom stereocenters. The fraction of sp³-hybridized carbons (Fsp3) is 0.417. The molecular weight excluding hydrogens is 242 g/mol. The molecule has 0 radical (unpaired) electrons. The molecular formula is C12H14ClNO3. The van der Waals surface area contributed by atoms with Gasteiger partial charge in [-0.3, -0.25) is 0 Å². The van der Waals surface area contributed by atoms with Gasteiger partial charge in [-0.1, -0.05) is 0 Å². The Labute approximate surface area is 104 Å². The maximum absolute atomic E-state index is 11.1. The Morgan fingerprint density at radius 1 is 1.59 bits per heavy atom. The molecule has 0 bridgehead atoms. The van der Waals surface area contributed by atoms with E-state index >= 15 is 0 Å². The number of anilines is 1. The van der Waals surface area contributed by atoms with Gasteiger partial charge < -0.3 is 15.6 Å². The van der Waals surface area contributed by atoms with Crippen LogP contribution in [0.3, 0.4) is 0 Å². The zero-order valence-corrected chi connectivity index (χ0v) is 10.4. The molecule has 1 aromatic carbocycles. The van der Waals surface area contributed by atoms with Crippen molar-refractivity contribution in [2.24, 2.45) is 0 Å². The molecule has 0 fully saturated rings. The summed E-state index contributed by atoms with van der Waals surface area (Å²) in [6.07, 6.45) is 0.511. The van der Waals surface area contributed by atoms with E-state index in [1.165, 1.54) is 6.07 Å². The molecule has 1 aromatic rings. The van der Waals surface area contributed by atoms with Crippen LogP contribution >= 0.6 is 11.6 Å². The average Bonchev–Trinajstić information content (AvgIpc) is 2.20. The molecule has 0 saturated heterocycles. The Morgan fingerprint density at radius 2 is 2.24 bits per heavy atom. The van der Waals surface area contributed by atoms with E-state index in [9.17, 15) is 4.79 Å². The van der Waals surface area contributed by atoms with Crippen molar-refractivity contribution in [1.29, 1.82) is 0 Å². The van der Waals surface area contributed by atoms with Crippen molar-refractivity contribution in [3.05, 3.63) is 23.3 Å². The number of nitrogen functional groups attached to an aromatic ring is 1. The maximum atomic E-state index is 11.1. The third-order valence-electron chi connectivity index (χ3n) is 3.03. The Hall–Kier alpha value is -1.42. The fourth-order valence-corrected chi connectivity index (χ4v) is 2.09. The number of benzene rings is 1. The topological polar surface area (TPSA) is 72.5 Å². The summed E-state index contributed by atoms with van der Waals surface area (Å²) in [5.74, 6) is -0.676. The van der Waals surface area contributed by atoms with Gasteiger partial charge in [0.1, 0.15) is 16.9 Å². The number of ether oxygens (including phenoxy) is 1. The van der Waals surface area contributed by atoms with Gasteiger partial charge >= 0.3 is 5.97 Å². The predicted octanol–water partition coefficient (Wildman–Crippen LogP) is 2.29. The van der Waals surface area contributed by atoms with Gasteiger partial charge in [0, 0.05) is 11.3 Å². The highest BCUT2D eigenvalue weighted by Crippen LogP contribution is 2.40. The molecule has 0 aromatic heterocycles. The number of carbonyl (C=O) groups is 1. The van der Waals surface area contributed by atoms with Crippen LogP contribution in [-0.2, 0) is 6.42 Å². The van der Waals surface area contributed by atoms with Crippen molar-refractivity contribution >= 4 is 23.3 Å². The number of fused-ring (bicyclic) bond motifs is 1. The van der Waals surface area contributed by atoms with Crippen LogP contribution in [0.25, 0.3) is 0 Å². The highest BCUT2D eigenvalue weighted by atomic mass is 35.5. The predicted molar refractivity (Wildman–Crippen MR) is 65.9 cm³/mol. The number of alkyl halides is 1. The molecule has 0 spiro atoms. The summed E-state index contributed by atoms with van der Waals surface area (Å²) in [4.78, 5) is 11.1. The highest BCUT2D eigenvalue weighted by molar-refractivity contribution is 6.21. The molecule has 0 aliphatic carbocycles. The molecule has 1 heterocycles. The second kappa shape index (κ2) is 3.81. The molecule has 2 rings (SSSR count). The van der Waals surface area contributed by atoms with Crippen LogP contribution in [0.2, 0.25) is 0 Å². The van der Waals surface area contributed by atoms with Crippen molar-refractivity contribution in [1.82, 2.24) is 0 Å². The van der Waals surface area contributed by atoms with Gasteiger partial charge in [-0.25, -0.2) is 4.79 Å². The molecule has 17 heavy (non-hydrogen) atoms. The van der Waals surface area contributed by atoms with Crippen LogP contribution < -0.4 is 10.5 Å². The van der Waals surface area contributed by atoms with E-state index in [1.807, 2.05) is 13.8 Å². The van der Waals surface area contributed by atoms with Crippen molar-refractivity contribution in [3.8, 4) is 5.75 Å². The third-order valence-corrected chi connectivity index (χ3v) is 3.71. The van der Waals surface area contributed by atoms with Crippen LogP contribution in [0.4, 0.5) is 5.69 Å². The Kier molecular flexibility index (Phi) is 2.70. The number of carboxylic acid groups (broad SMARTS) is 1. The lowest BCUT2D eigenvalue weighted by atomic mass is 9.91. The number of rotatable bonds is 1. The van der Waals surface area contributed by atoms with Crippen molar-refractivity contribution < 1.29 is 14.6 Å². The number of hydrogen-bond acceptors (Lipinski definition) is 3. The third kappa shape index (κ3) is 1.93. The smallest absolute Gasteiger partial charge is 0.339 e. The van der Waals surface area contributed by atoms with Crippen molar-refractivity contribution in [3.63, 3.8) is 0 Å². The SMILES string of the molecule is CC1(C)Oc2c(C(=O)O)ccc(N)c2CC1Cl. The molecule has 1 atom stereocenters. The first-order valence-electron chi connectivity index (χ1n) is 5.30. The molecule has 92 valence electrons. The molecule has 0 saturated carbocycles.